The smallest absolute Gasteiger partial charge is 0.123 e. The molecule has 24 heavy (non-hydrogen) atoms. The van der Waals surface area contributed by atoms with Gasteiger partial charge in [-0.2, -0.15) is 0 Å². The van der Waals surface area contributed by atoms with Gasteiger partial charge in [-0.1, -0.05) is 39.3 Å². The van der Waals surface area contributed by atoms with Gasteiger partial charge < -0.3 is 4.79 Å². The second kappa shape index (κ2) is 5.71. The molecule has 0 aromatic heterocycles. The van der Waals surface area contributed by atoms with Gasteiger partial charge in [0.2, 0.25) is 0 Å². The molecule has 0 heterocycles. The molecule has 0 N–H and O–H groups in total. The number of aldehydes is 1. The van der Waals surface area contributed by atoms with Crippen LogP contribution in [-0.4, -0.2) is 6.29 Å². The number of carbonyl (C=O) groups excluding carboxylic acids is 1. The van der Waals surface area contributed by atoms with Crippen LogP contribution in [0.15, 0.2) is 11.6 Å². The van der Waals surface area contributed by atoms with Crippen LogP contribution in [0.1, 0.15) is 79.1 Å². The summed E-state index contributed by atoms with van der Waals surface area (Å²) >= 11 is 0. The molecule has 3 unspecified atom stereocenters. The summed E-state index contributed by atoms with van der Waals surface area (Å²) in [6.45, 7) is 9.74. The molecule has 0 saturated heterocycles. The fourth-order valence-corrected chi connectivity index (χ4v) is 7.84. The Morgan fingerprint density at radius 2 is 1.92 bits per heavy atom. The molecule has 1 heteroatoms. The van der Waals surface area contributed by atoms with Crippen LogP contribution >= 0.6 is 0 Å². The van der Waals surface area contributed by atoms with Gasteiger partial charge in [-0.25, -0.2) is 0 Å². The topological polar surface area (TPSA) is 17.1 Å². The molecule has 0 radical (unpaired) electrons. The number of allylic oxidation sites excluding steroid dienone is 2. The van der Waals surface area contributed by atoms with Crippen molar-refractivity contribution in [1.29, 1.82) is 0 Å². The van der Waals surface area contributed by atoms with Crippen molar-refractivity contribution in [3.8, 4) is 0 Å². The van der Waals surface area contributed by atoms with Crippen LogP contribution in [-0.2, 0) is 4.79 Å². The number of hydrogen-bond acceptors (Lipinski definition) is 1. The third-order valence-corrected chi connectivity index (χ3v) is 9.27. The van der Waals surface area contributed by atoms with Gasteiger partial charge in [0.25, 0.3) is 0 Å². The number of hydrogen-bond donors (Lipinski definition) is 0. The van der Waals surface area contributed by atoms with E-state index in [1.54, 1.807) is 0 Å². The first-order valence-corrected chi connectivity index (χ1v) is 10.5. The molecule has 8 atom stereocenters. The molecular weight excluding hydrogens is 292 g/mol. The highest BCUT2D eigenvalue weighted by Crippen LogP contribution is 2.67. The van der Waals surface area contributed by atoms with Gasteiger partial charge in [0.1, 0.15) is 6.29 Å². The number of fused-ring (bicyclic) bond motifs is 5. The van der Waals surface area contributed by atoms with E-state index in [1.807, 2.05) is 5.57 Å². The van der Waals surface area contributed by atoms with E-state index in [4.69, 9.17) is 0 Å². The minimum Gasteiger partial charge on any atom is -0.303 e. The van der Waals surface area contributed by atoms with Gasteiger partial charge in [-0.05, 0) is 91.8 Å². The molecule has 1 nitrogen and oxygen atoms in total. The van der Waals surface area contributed by atoms with Crippen molar-refractivity contribution in [3.63, 3.8) is 0 Å². The summed E-state index contributed by atoms with van der Waals surface area (Å²) in [5, 5.41) is 0. The third-order valence-electron chi connectivity index (χ3n) is 9.27. The molecule has 0 aliphatic heterocycles. The minimum absolute atomic E-state index is 0.248. The Bertz CT molecular complexity index is 548. The summed E-state index contributed by atoms with van der Waals surface area (Å²) in [4.78, 5) is 11.5. The van der Waals surface area contributed by atoms with Crippen LogP contribution in [0, 0.1) is 46.3 Å². The highest BCUT2D eigenvalue weighted by atomic mass is 16.1. The Balaban J connectivity index is 1.64. The molecule has 0 aromatic rings. The molecule has 4 rings (SSSR count). The summed E-state index contributed by atoms with van der Waals surface area (Å²) < 4.78 is 0. The highest BCUT2D eigenvalue weighted by Gasteiger charge is 2.58. The fourth-order valence-electron chi connectivity index (χ4n) is 7.84. The first-order valence-electron chi connectivity index (χ1n) is 10.5. The van der Waals surface area contributed by atoms with Gasteiger partial charge >= 0.3 is 0 Å². The fraction of sp³-hybridized carbons (Fsp3) is 0.870. The zero-order valence-corrected chi connectivity index (χ0v) is 16.2. The van der Waals surface area contributed by atoms with Gasteiger partial charge in [0, 0.05) is 5.92 Å². The Morgan fingerprint density at radius 3 is 2.67 bits per heavy atom. The molecule has 134 valence electrons. The van der Waals surface area contributed by atoms with E-state index in [0.717, 1.165) is 23.7 Å². The lowest BCUT2D eigenvalue weighted by atomic mass is 9.46. The monoisotopic (exact) mass is 328 g/mol. The Labute approximate surface area is 148 Å². The maximum Gasteiger partial charge on any atom is 0.123 e. The van der Waals surface area contributed by atoms with E-state index in [0.29, 0.717) is 16.7 Å². The lowest BCUT2D eigenvalue weighted by molar-refractivity contribution is -0.115. The maximum absolute atomic E-state index is 11.5. The Kier molecular flexibility index (Phi) is 4.01. The third kappa shape index (κ3) is 2.22. The maximum atomic E-state index is 11.5. The zero-order valence-electron chi connectivity index (χ0n) is 16.2. The standard InChI is InChI=1S/C23H36O/c1-15-9-11-22(3)17(13-15)5-6-18-20-8-7-19(16(2)14-24)23(20,4)12-10-21(18)22/h5,14-16,18-21H,6-13H2,1-4H3/t15-,16+,18?,19+,20?,21?,22-,23+/m0/s1. The lowest BCUT2D eigenvalue weighted by Gasteiger charge is -2.58. The molecule has 4 aliphatic carbocycles. The molecular formula is C23H36O. The van der Waals surface area contributed by atoms with Crippen LogP contribution in [0.3, 0.4) is 0 Å². The van der Waals surface area contributed by atoms with Crippen LogP contribution in [0.25, 0.3) is 0 Å². The van der Waals surface area contributed by atoms with Gasteiger partial charge in [-0.15, -0.1) is 0 Å². The molecule has 0 bridgehead atoms. The quantitative estimate of drug-likeness (QED) is 0.446. The Morgan fingerprint density at radius 1 is 1.12 bits per heavy atom. The van der Waals surface area contributed by atoms with E-state index in [-0.39, 0.29) is 5.92 Å². The number of rotatable bonds is 2. The van der Waals surface area contributed by atoms with Crippen LogP contribution in [0.2, 0.25) is 0 Å². The van der Waals surface area contributed by atoms with Gasteiger partial charge in [0.15, 0.2) is 0 Å². The first-order chi connectivity index (χ1) is 11.4. The van der Waals surface area contributed by atoms with Crippen molar-refractivity contribution in [2.75, 3.05) is 0 Å². The lowest BCUT2D eigenvalue weighted by Crippen LogP contribution is -2.50. The largest absolute Gasteiger partial charge is 0.303 e. The first kappa shape index (κ1) is 16.9. The van der Waals surface area contributed by atoms with E-state index in [1.165, 1.54) is 57.7 Å². The normalized spacial score (nSPS) is 51.8. The van der Waals surface area contributed by atoms with E-state index in [2.05, 4.69) is 33.8 Å². The molecule has 3 saturated carbocycles. The molecule has 4 aliphatic rings. The second-order valence-corrected chi connectivity index (χ2v) is 10.3. The second-order valence-electron chi connectivity index (χ2n) is 10.3. The van der Waals surface area contributed by atoms with E-state index >= 15 is 0 Å². The van der Waals surface area contributed by atoms with Crippen LogP contribution in [0.5, 0.6) is 0 Å². The highest BCUT2D eigenvalue weighted by molar-refractivity contribution is 5.53. The molecule has 0 amide bonds. The van der Waals surface area contributed by atoms with Gasteiger partial charge in [0.05, 0.1) is 0 Å². The summed E-state index contributed by atoms with van der Waals surface area (Å²) in [5.41, 5.74) is 2.72. The van der Waals surface area contributed by atoms with Crippen LogP contribution < -0.4 is 0 Å². The van der Waals surface area contributed by atoms with E-state index < -0.39 is 0 Å². The van der Waals surface area contributed by atoms with E-state index in [9.17, 15) is 4.79 Å². The summed E-state index contributed by atoms with van der Waals surface area (Å²) in [6.07, 6.45) is 14.8. The predicted molar refractivity (Wildman–Crippen MR) is 99.6 cm³/mol. The number of carbonyl (C=O) groups is 1. The van der Waals surface area contributed by atoms with Crippen molar-refractivity contribution < 1.29 is 4.79 Å². The van der Waals surface area contributed by atoms with Crippen LogP contribution in [0.4, 0.5) is 0 Å². The van der Waals surface area contributed by atoms with Gasteiger partial charge in [-0.3, -0.25) is 0 Å². The Hall–Kier alpha value is -0.590. The van der Waals surface area contributed by atoms with Crippen molar-refractivity contribution in [2.45, 2.75) is 79.1 Å². The minimum atomic E-state index is 0.248. The zero-order chi connectivity index (χ0) is 17.1. The summed E-state index contributed by atoms with van der Waals surface area (Å²) in [7, 11) is 0. The summed E-state index contributed by atoms with van der Waals surface area (Å²) in [6, 6.07) is 0. The SMILES string of the molecule is C[C@H]1CC[C@@]2(C)C(=CCC3C2CC[C@@]2(C)C3CC[C@@H]2[C@H](C)C=O)C1. The molecule has 3 fully saturated rings. The van der Waals surface area contributed by atoms with Crippen molar-refractivity contribution in [1.82, 2.24) is 0 Å². The molecule has 0 spiro atoms. The van der Waals surface area contributed by atoms with Crippen molar-refractivity contribution in [3.05, 3.63) is 11.6 Å². The summed E-state index contributed by atoms with van der Waals surface area (Å²) in [5.74, 6) is 4.42. The average molecular weight is 329 g/mol. The average Bonchev–Trinajstić information content (AvgIpc) is 2.92. The van der Waals surface area contributed by atoms with Crippen molar-refractivity contribution >= 4 is 6.29 Å². The molecule has 0 aromatic carbocycles. The predicted octanol–water partition coefficient (Wildman–Crippen LogP) is 6.04. The van der Waals surface area contributed by atoms with Crippen molar-refractivity contribution in [2.24, 2.45) is 46.3 Å².